The highest BCUT2D eigenvalue weighted by molar-refractivity contribution is 5.93. The Morgan fingerprint density at radius 1 is 1.27 bits per heavy atom. The van der Waals surface area contributed by atoms with Crippen LogP contribution in [0.3, 0.4) is 0 Å². The lowest BCUT2D eigenvalue weighted by molar-refractivity contribution is 0.1000. The summed E-state index contributed by atoms with van der Waals surface area (Å²) >= 11 is 0. The van der Waals surface area contributed by atoms with Crippen LogP contribution in [0.4, 0.5) is 0 Å². The quantitative estimate of drug-likeness (QED) is 0.767. The van der Waals surface area contributed by atoms with Crippen LogP contribution in [0, 0.1) is 11.3 Å². The zero-order chi connectivity index (χ0) is 18.7. The Morgan fingerprint density at radius 2 is 2.08 bits per heavy atom. The average molecular weight is 346 g/mol. The van der Waals surface area contributed by atoms with Gasteiger partial charge in [-0.05, 0) is 43.7 Å². The molecule has 26 heavy (non-hydrogen) atoms. The first kappa shape index (κ1) is 17.2. The Hall–Kier alpha value is -3.59. The first-order chi connectivity index (χ1) is 12.5. The van der Waals surface area contributed by atoms with Crippen molar-refractivity contribution in [2.24, 2.45) is 5.73 Å². The molecule has 2 N–H and O–H groups in total. The molecule has 0 radical (unpaired) electrons. The number of carbonyl (C=O) groups is 1. The number of nitriles is 1. The zero-order valence-corrected chi connectivity index (χ0v) is 14.5. The van der Waals surface area contributed by atoms with E-state index in [2.05, 4.69) is 11.1 Å². The third-order valence-corrected chi connectivity index (χ3v) is 3.76. The molecule has 0 aliphatic rings. The van der Waals surface area contributed by atoms with Crippen molar-refractivity contribution in [1.82, 2.24) is 9.55 Å². The van der Waals surface area contributed by atoms with Gasteiger partial charge in [-0.1, -0.05) is 12.1 Å². The van der Waals surface area contributed by atoms with Crippen LogP contribution in [0.5, 0.6) is 5.75 Å². The SMILES string of the molecule is CC(C)Oc1cccc(-c2cn(-c3cc(C(N)=O)ccn3)cc2C#N)c1. The van der Waals surface area contributed by atoms with E-state index in [1.165, 1.54) is 6.20 Å². The summed E-state index contributed by atoms with van der Waals surface area (Å²) in [6.07, 6.45) is 5.06. The van der Waals surface area contributed by atoms with Crippen molar-refractivity contribution in [1.29, 1.82) is 5.26 Å². The van der Waals surface area contributed by atoms with Gasteiger partial charge in [0.25, 0.3) is 0 Å². The summed E-state index contributed by atoms with van der Waals surface area (Å²) in [6, 6.07) is 12.9. The van der Waals surface area contributed by atoms with Gasteiger partial charge in [0.05, 0.1) is 11.7 Å². The van der Waals surface area contributed by atoms with E-state index in [9.17, 15) is 10.1 Å². The topological polar surface area (TPSA) is 93.9 Å². The van der Waals surface area contributed by atoms with Crippen LogP contribution in [0.1, 0.15) is 29.8 Å². The lowest BCUT2D eigenvalue weighted by Crippen LogP contribution is -2.11. The predicted molar refractivity (Wildman–Crippen MR) is 98.0 cm³/mol. The minimum absolute atomic E-state index is 0.0611. The number of nitrogens with two attached hydrogens (primary N) is 1. The van der Waals surface area contributed by atoms with Gasteiger partial charge in [0.2, 0.25) is 5.91 Å². The van der Waals surface area contributed by atoms with Gasteiger partial charge >= 0.3 is 0 Å². The number of benzene rings is 1. The number of aromatic nitrogens is 2. The molecule has 0 atom stereocenters. The molecule has 0 saturated carbocycles. The molecule has 1 aromatic carbocycles. The van der Waals surface area contributed by atoms with Gasteiger partial charge in [-0.3, -0.25) is 4.79 Å². The number of nitrogens with zero attached hydrogens (tertiary/aromatic N) is 3. The Morgan fingerprint density at radius 3 is 2.77 bits per heavy atom. The molecule has 3 aromatic rings. The first-order valence-corrected chi connectivity index (χ1v) is 8.13. The maximum absolute atomic E-state index is 11.4. The van der Waals surface area contributed by atoms with Gasteiger partial charge in [-0.15, -0.1) is 0 Å². The molecule has 0 fully saturated rings. The van der Waals surface area contributed by atoms with Gasteiger partial charge in [-0.2, -0.15) is 5.26 Å². The van der Waals surface area contributed by atoms with Gasteiger partial charge in [0.1, 0.15) is 17.6 Å². The van der Waals surface area contributed by atoms with Crippen molar-refractivity contribution < 1.29 is 9.53 Å². The van der Waals surface area contributed by atoms with E-state index in [0.717, 1.165) is 16.9 Å². The minimum Gasteiger partial charge on any atom is -0.491 e. The van der Waals surface area contributed by atoms with Gasteiger partial charge in [-0.25, -0.2) is 4.98 Å². The summed E-state index contributed by atoms with van der Waals surface area (Å²) in [5.41, 5.74) is 7.81. The molecule has 0 bridgehead atoms. The highest BCUT2D eigenvalue weighted by Gasteiger charge is 2.12. The summed E-state index contributed by atoms with van der Waals surface area (Å²) in [5, 5.41) is 9.51. The fourth-order valence-corrected chi connectivity index (χ4v) is 2.63. The van der Waals surface area contributed by atoms with Gasteiger partial charge in [0.15, 0.2) is 0 Å². The van der Waals surface area contributed by atoms with Crippen molar-refractivity contribution >= 4 is 5.91 Å². The normalized spacial score (nSPS) is 10.5. The molecule has 2 aromatic heterocycles. The van der Waals surface area contributed by atoms with Crippen molar-refractivity contribution in [3.8, 4) is 28.8 Å². The van der Waals surface area contributed by atoms with Crippen molar-refractivity contribution in [2.75, 3.05) is 0 Å². The van der Waals surface area contributed by atoms with Crippen LogP contribution >= 0.6 is 0 Å². The second kappa shape index (κ2) is 7.11. The summed E-state index contributed by atoms with van der Waals surface area (Å²) in [7, 11) is 0. The van der Waals surface area contributed by atoms with Crippen molar-refractivity contribution in [2.45, 2.75) is 20.0 Å². The second-order valence-corrected chi connectivity index (χ2v) is 6.07. The molecule has 2 heterocycles. The van der Waals surface area contributed by atoms with Crippen LogP contribution in [0.15, 0.2) is 55.0 Å². The van der Waals surface area contributed by atoms with Crippen LogP contribution in [-0.4, -0.2) is 21.6 Å². The summed E-state index contributed by atoms with van der Waals surface area (Å²) < 4.78 is 7.43. The highest BCUT2D eigenvalue weighted by Crippen LogP contribution is 2.29. The molecule has 3 rings (SSSR count). The molecule has 0 aliphatic heterocycles. The minimum atomic E-state index is -0.528. The van der Waals surface area contributed by atoms with E-state index in [1.807, 2.05) is 38.1 Å². The predicted octanol–water partition coefficient (Wildman–Crippen LogP) is 3.30. The standard InChI is InChI=1S/C20H18N4O2/c1-13(2)26-17-5-3-4-14(8-17)18-12-24(11-16(18)10-21)19-9-15(20(22)25)6-7-23-19/h3-9,11-13H,1-2H3,(H2,22,25). The Labute approximate surface area is 151 Å². The van der Waals surface area contributed by atoms with E-state index in [-0.39, 0.29) is 6.10 Å². The third kappa shape index (κ3) is 3.57. The fraction of sp³-hybridized carbons (Fsp3) is 0.150. The number of ether oxygens (including phenoxy) is 1. The maximum atomic E-state index is 11.4. The van der Waals surface area contributed by atoms with Crippen LogP contribution < -0.4 is 10.5 Å². The summed E-state index contributed by atoms with van der Waals surface area (Å²) in [5.74, 6) is 0.724. The molecule has 6 nitrogen and oxygen atoms in total. The second-order valence-electron chi connectivity index (χ2n) is 6.07. The number of carbonyl (C=O) groups excluding carboxylic acids is 1. The molecule has 0 aliphatic carbocycles. The number of rotatable bonds is 5. The molecule has 0 spiro atoms. The largest absolute Gasteiger partial charge is 0.491 e. The summed E-state index contributed by atoms with van der Waals surface area (Å²) in [4.78, 5) is 15.6. The van der Waals surface area contributed by atoms with E-state index in [1.54, 1.807) is 29.1 Å². The lowest BCUT2D eigenvalue weighted by atomic mass is 10.1. The maximum Gasteiger partial charge on any atom is 0.248 e. The fourth-order valence-electron chi connectivity index (χ4n) is 2.63. The van der Waals surface area contributed by atoms with Gasteiger partial charge < -0.3 is 15.0 Å². The number of pyridine rings is 1. The lowest BCUT2D eigenvalue weighted by Gasteiger charge is -2.10. The Balaban J connectivity index is 2.04. The molecular weight excluding hydrogens is 328 g/mol. The van der Waals surface area contributed by atoms with E-state index in [4.69, 9.17) is 10.5 Å². The van der Waals surface area contributed by atoms with Crippen molar-refractivity contribution in [3.63, 3.8) is 0 Å². The monoisotopic (exact) mass is 346 g/mol. The van der Waals surface area contributed by atoms with Crippen LogP contribution in [-0.2, 0) is 0 Å². The zero-order valence-electron chi connectivity index (χ0n) is 14.5. The number of amides is 1. The van der Waals surface area contributed by atoms with E-state index in [0.29, 0.717) is 16.9 Å². The molecule has 0 unspecified atom stereocenters. The number of hydrogen-bond donors (Lipinski definition) is 1. The number of primary amides is 1. The van der Waals surface area contributed by atoms with Crippen molar-refractivity contribution in [3.05, 3.63) is 66.1 Å². The highest BCUT2D eigenvalue weighted by atomic mass is 16.5. The molecule has 1 amide bonds. The number of hydrogen-bond acceptors (Lipinski definition) is 4. The molecular formula is C20H18N4O2. The van der Waals surface area contributed by atoms with Gasteiger partial charge in [0, 0.05) is 29.7 Å². The summed E-state index contributed by atoms with van der Waals surface area (Å²) in [6.45, 7) is 3.92. The van der Waals surface area contributed by atoms with Crippen LogP contribution in [0.2, 0.25) is 0 Å². The van der Waals surface area contributed by atoms with Crippen LogP contribution in [0.25, 0.3) is 16.9 Å². The molecule has 6 heteroatoms. The Bertz CT molecular complexity index is 999. The third-order valence-electron chi connectivity index (χ3n) is 3.76. The van der Waals surface area contributed by atoms with E-state index >= 15 is 0 Å². The Kier molecular flexibility index (Phi) is 4.72. The first-order valence-electron chi connectivity index (χ1n) is 8.13. The molecule has 130 valence electrons. The molecule has 0 saturated heterocycles. The smallest absolute Gasteiger partial charge is 0.248 e. The van der Waals surface area contributed by atoms with E-state index < -0.39 is 5.91 Å². The average Bonchev–Trinajstić information content (AvgIpc) is 3.06.